The second-order valence-electron chi connectivity index (χ2n) is 2.30. The van der Waals surface area contributed by atoms with Gasteiger partial charge in [-0.1, -0.05) is 6.07 Å². The molecule has 11 heavy (non-hydrogen) atoms. The molecule has 1 rings (SSSR count). The minimum absolute atomic E-state index is 0.595. The van der Waals surface area contributed by atoms with E-state index in [0.29, 0.717) is 6.61 Å². The van der Waals surface area contributed by atoms with Crippen LogP contribution in [0.5, 0.6) is 0 Å². The molecule has 1 heterocycles. The van der Waals surface area contributed by atoms with Crippen molar-refractivity contribution in [2.45, 2.75) is 19.6 Å². The number of ether oxygens (including phenoxy) is 1. The van der Waals surface area contributed by atoms with E-state index in [1.54, 1.807) is 18.3 Å². The summed E-state index contributed by atoms with van der Waals surface area (Å²) >= 11 is 1.71. The summed E-state index contributed by atoms with van der Waals surface area (Å²) in [5, 5.41) is 10.8. The van der Waals surface area contributed by atoms with Gasteiger partial charge in [-0.25, -0.2) is 0 Å². The van der Waals surface area contributed by atoms with Crippen LogP contribution in [0.2, 0.25) is 0 Å². The van der Waals surface area contributed by atoms with Gasteiger partial charge < -0.3 is 9.84 Å². The van der Waals surface area contributed by atoms with Gasteiger partial charge in [0.1, 0.15) is 0 Å². The van der Waals surface area contributed by atoms with Crippen LogP contribution in [-0.4, -0.2) is 18.0 Å². The van der Waals surface area contributed by atoms with Crippen LogP contribution in [0.15, 0.2) is 17.5 Å². The highest BCUT2D eigenvalue weighted by atomic mass is 32.1. The van der Waals surface area contributed by atoms with Crippen molar-refractivity contribution in [3.05, 3.63) is 22.4 Å². The van der Waals surface area contributed by atoms with Gasteiger partial charge in [0, 0.05) is 11.3 Å². The van der Waals surface area contributed by atoms with Crippen molar-refractivity contribution in [2.24, 2.45) is 0 Å². The number of aliphatic hydroxyl groups is 1. The van der Waals surface area contributed by atoms with E-state index < -0.39 is 6.29 Å². The van der Waals surface area contributed by atoms with Crippen LogP contribution in [0.25, 0.3) is 0 Å². The van der Waals surface area contributed by atoms with Gasteiger partial charge in [0.15, 0.2) is 6.29 Å². The molecular formula is C8H12O2S. The maximum absolute atomic E-state index is 8.76. The molecule has 0 saturated carbocycles. The van der Waals surface area contributed by atoms with Crippen molar-refractivity contribution in [3.63, 3.8) is 0 Å². The predicted octanol–water partition coefficient (Wildman–Crippen LogP) is 1.65. The lowest BCUT2D eigenvalue weighted by Crippen LogP contribution is -2.08. The zero-order chi connectivity index (χ0) is 8.10. The molecule has 62 valence electrons. The van der Waals surface area contributed by atoms with Gasteiger partial charge in [-0.05, 0) is 18.4 Å². The Morgan fingerprint density at radius 1 is 1.73 bits per heavy atom. The fourth-order valence-electron chi connectivity index (χ4n) is 0.785. The monoisotopic (exact) mass is 172 g/mol. The van der Waals surface area contributed by atoms with E-state index in [1.807, 2.05) is 11.4 Å². The first kappa shape index (κ1) is 8.71. The minimum Gasteiger partial charge on any atom is -0.368 e. The van der Waals surface area contributed by atoms with Gasteiger partial charge in [0.25, 0.3) is 0 Å². The molecule has 1 atom stereocenters. The Bertz CT molecular complexity index is 182. The largest absolute Gasteiger partial charge is 0.368 e. The maximum atomic E-state index is 8.76. The lowest BCUT2D eigenvalue weighted by molar-refractivity contribution is -0.0837. The standard InChI is InChI=1S/C8H12O2S/c1-7(9)10-5-4-8-3-2-6-11-8/h2-3,6-7,9H,4-5H2,1H3. The minimum atomic E-state index is -0.644. The van der Waals surface area contributed by atoms with Crippen LogP contribution >= 0.6 is 11.3 Å². The fourth-order valence-corrected chi connectivity index (χ4v) is 1.48. The molecule has 1 aromatic heterocycles. The summed E-state index contributed by atoms with van der Waals surface area (Å²) in [6.07, 6.45) is 0.248. The van der Waals surface area contributed by atoms with E-state index >= 15 is 0 Å². The highest BCUT2D eigenvalue weighted by molar-refractivity contribution is 7.09. The van der Waals surface area contributed by atoms with Crippen molar-refractivity contribution in [3.8, 4) is 0 Å². The van der Waals surface area contributed by atoms with Crippen molar-refractivity contribution >= 4 is 11.3 Å². The molecule has 1 N–H and O–H groups in total. The highest BCUT2D eigenvalue weighted by Crippen LogP contribution is 2.08. The average molecular weight is 172 g/mol. The molecule has 0 amide bonds. The van der Waals surface area contributed by atoms with Crippen LogP contribution in [0.4, 0.5) is 0 Å². The van der Waals surface area contributed by atoms with E-state index in [-0.39, 0.29) is 0 Å². The Hall–Kier alpha value is -0.380. The van der Waals surface area contributed by atoms with E-state index in [0.717, 1.165) is 6.42 Å². The molecule has 0 aliphatic carbocycles. The van der Waals surface area contributed by atoms with E-state index in [2.05, 4.69) is 6.07 Å². The predicted molar refractivity (Wildman–Crippen MR) is 45.7 cm³/mol. The fraction of sp³-hybridized carbons (Fsp3) is 0.500. The zero-order valence-corrected chi connectivity index (χ0v) is 7.30. The third kappa shape index (κ3) is 3.51. The van der Waals surface area contributed by atoms with Crippen molar-refractivity contribution in [1.29, 1.82) is 0 Å². The first-order chi connectivity index (χ1) is 5.29. The maximum Gasteiger partial charge on any atom is 0.151 e. The van der Waals surface area contributed by atoms with Gasteiger partial charge in [-0.2, -0.15) is 0 Å². The summed E-state index contributed by atoms with van der Waals surface area (Å²) < 4.78 is 4.98. The zero-order valence-electron chi connectivity index (χ0n) is 6.49. The van der Waals surface area contributed by atoms with Gasteiger partial charge in [-0.3, -0.25) is 0 Å². The summed E-state index contributed by atoms with van der Waals surface area (Å²) in [4.78, 5) is 1.30. The first-order valence-corrected chi connectivity index (χ1v) is 4.49. The molecule has 0 radical (unpaired) electrons. The summed E-state index contributed by atoms with van der Waals surface area (Å²) in [6.45, 7) is 2.21. The first-order valence-electron chi connectivity index (χ1n) is 3.61. The van der Waals surface area contributed by atoms with Crippen LogP contribution < -0.4 is 0 Å². The van der Waals surface area contributed by atoms with Crippen molar-refractivity contribution in [2.75, 3.05) is 6.61 Å². The lowest BCUT2D eigenvalue weighted by atomic mass is 10.4. The Kier molecular flexibility index (Phi) is 3.56. The topological polar surface area (TPSA) is 29.5 Å². The van der Waals surface area contributed by atoms with Gasteiger partial charge >= 0.3 is 0 Å². The van der Waals surface area contributed by atoms with E-state index in [1.165, 1.54) is 4.88 Å². The Labute approximate surface area is 70.4 Å². The summed E-state index contributed by atoms with van der Waals surface area (Å²) in [5.74, 6) is 0. The molecule has 0 fully saturated rings. The Morgan fingerprint density at radius 3 is 3.09 bits per heavy atom. The SMILES string of the molecule is CC(O)OCCc1cccs1. The second kappa shape index (κ2) is 4.49. The number of hydrogen-bond donors (Lipinski definition) is 1. The Balaban J connectivity index is 2.14. The molecule has 0 aliphatic heterocycles. The van der Waals surface area contributed by atoms with Crippen LogP contribution in [0, 0.1) is 0 Å². The Morgan fingerprint density at radius 2 is 2.55 bits per heavy atom. The molecule has 0 spiro atoms. The normalized spacial score (nSPS) is 13.3. The molecule has 0 aliphatic rings. The average Bonchev–Trinajstić information content (AvgIpc) is 2.39. The molecule has 1 unspecified atom stereocenters. The van der Waals surface area contributed by atoms with Gasteiger partial charge in [0.05, 0.1) is 6.61 Å². The third-order valence-corrected chi connectivity index (χ3v) is 2.22. The molecular weight excluding hydrogens is 160 g/mol. The highest BCUT2D eigenvalue weighted by Gasteiger charge is 1.96. The molecule has 0 bridgehead atoms. The lowest BCUT2D eigenvalue weighted by Gasteiger charge is -2.04. The summed E-state index contributed by atoms with van der Waals surface area (Å²) in [7, 11) is 0. The van der Waals surface area contributed by atoms with Crippen LogP contribution in [0.3, 0.4) is 0 Å². The molecule has 1 aromatic rings. The van der Waals surface area contributed by atoms with Gasteiger partial charge in [0.2, 0.25) is 0 Å². The number of thiophene rings is 1. The van der Waals surface area contributed by atoms with Gasteiger partial charge in [-0.15, -0.1) is 11.3 Å². The van der Waals surface area contributed by atoms with Crippen LogP contribution in [-0.2, 0) is 11.2 Å². The summed E-state index contributed by atoms with van der Waals surface area (Å²) in [5.41, 5.74) is 0. The number of aliphatic hydroxyl groups excluding tert-OH is 1. The third-order valence-electron chi connectivity index (χ3n) is 1.29. The van der Waals surface area contributed by atoms with Crippen molar-refractivity contribution < 1.29 is 9.84 Å². The molecule has 0 saturated heterocycles. The number of rotatable bonds is 4. The van der Waals surface area contributed by atoms with Crippen LogP contribution in [0.1, 0.15) is 11.8 Å². The summed E-state index contributed by atoms with van der Waals surface area (Å²) in [6, 6.07) is 4.08. The molecule has 3 heteroatoms. The quantitative estimate of drug-likeness (QED) is 0.700. The molecule has 0 aromatic carbocycles. The van der Waals surface area contributed by atoms with E-state index in [4.69, 9.17) is 9.84 Å². The van der Waals surface area contributed by atoms with Crippen molar-refractivity contribution in [1.82, 2.24) is 0 Å². The number of hydrogen-bond acceptors (Lipinski definition) is 3. The molecule has 2 nitrogen and oxygen atoms in total. The second-order valence-corrected chi connectivity index (χ2v) is 3.33. The van der Waals surface area contributed by atoms with E-state index in [9.17, 15) is 0 Å². The smallest absolute Gasteiger partial charge is 0.151 e.